The van der Waals surface area contributed by atoms with Gasteiger partial charge in [0.05, 0.1) is 23.9 Å². The molecule has 2 aromatic heterocycles. The van der Waals surface area contributed by atoms with Crippen LogP contribution in [0.5, 0.6) is 5.75 Å². The van der Waals surface area contributed by atoms with Gasteiger partial charge in [0.15, 0.2) is 5.16 Å². The summed E-state index contributed by atoms with van der Waals surface area (Å²) < 4.78 is 6.84. The number of thiophene rings is 1. The van der Waals surface area contributed by atoms with E-state index in [2.05, 4.69) is 5.32 Å². The van der Waals surface area contributed by atoms with E-state index in [1.165, 1.54) is 20.8 Å². The maximum atomic E-state index is 13.6. The Bertz CT molecular complexity index is 1230. The molecule has 0 aliphatic carbocycles. The van der Waals surface area contributed by atoms with Crippen molar-refractivity contribution in [3.05, 3.63) is 45.1 Å². The predicted octanol–water partition coefficient (Wildman–Crippen LogP) is 2.97. The third-order valence-electron chi connectivity index (χ3n) is 5.15. The molecule has 0 bridgehead atoms. The third-order valence-corrected chi connectivity index (χ3v) is 7.40. The van der Waals surface area contributed by atoms with Gasteiger partial charge in [-0.05, 0) is 31.0 Å². The standard InChI is InChI=1S/C21H22N4O4S2/c1-4-15-12(2)17-18(31-15)23-21(30-11-16(26)24-9-8-22-20(24)28)25(19(17)27)13-6-5-7-14(10-13)29-3/h5-7,10H,4,8-9,11H2,1-3H3,(H,22,28). The van der Waals surface area contributed by atoms with Crippen molar-refractivity contribution in [1.82, 2.24) is 19.8 Å². The summed E-state index contributed by atoms with van der Waals surface area (Å²) in [5.41, 5.74) is 1.37. The molecule has 1 N–H and O–H groups in total. The summed E-state index contributed by atoms with van der Waals surface area (Å²) in [7, 11) is 1.56. The number of thioether (sulfide) groups is 1. The average Bonchev–Trinajstić information content (AvgIpc) is 3.34. The number of nitrogens with zero attached hydrogens (tertiary/aromatic N) is 3. The van der Waals surface area contributed by atoms with Gasteiger partial charge in [0.2, 0.25) is 5.91 Å². The van der Waals surface area contributed by atoms with Crippen LogP contribution in [-0.4, -0.2) is 52.3 Å². The molecular formula is C21H22N4O4S2. The lowest BCUT2D eigenvalue weighted by Crippen LogP contribution is -2.35. The zero-order valence-corrected chi connectivity index (χ0v) is 19.1. The minimum Gasteiger partial charge on any atom is -0.497 e. The van der Waals surface area contributed by atoms with E-state index in [0.717, 1.165) is 28.6 Å². The largest absolute Gasteiger partial charge is 0.497 e. The van der Waals surface area contributed by atoms with Crippen molar-refractivity contribution in [3.8, 4) is 11.4 Å². The normalized spacial score (nSPS) is 13.6. The lowest BCUT2D eigenvalue weighted by atomic mass is 10.2. The quantitative estimate of drug-likeness (QED) is 0.451. The van der Waals surface area contributed by atoms with Crippen molar-refractivity contribution in [2.45, 2.75) is 25.4 Å². The van der Waals surface area contributed by atoms with E-state index in [1.54, 1.807) is 31.4 Å². The molecule has 0 spiro atoms. The molecule has 31 heavy (non-hydrogen) atoms. The molecule has 4 rings (SSSR count). The summed E-state index contributed by atoms with van der Waals surface area (Å²) in [5.74, 6) is 0.296. The highest BCUT2D eigenvalue weighted by Gasteiger charge is 2.27. The lowest BCUT2D eigenvalue weighted by Gasteiger charge is -2.15. The highest BCUT2D eigenvalue weighted by atomic mass is 32.2. The highest BCUT2D eigenvalue weighted by molar-refractivity contribution is 7.99. The fourth-order valence-corrected chi connectivity index (χ4v) is 5.58. The zero-order chi connectivity index (χ0) is 22.1. The Kier molecular flexibility index (Phi) is 6.01. The van der Waals surface area contributed by atoms with Crippen LogP contribution < -0.4 is 15.6 Å². The number of ether oxygens (including phenoxy) is 1. The molecule has 3 aromatic rings. The Morgan fingerprint density at radius 3 is 2.84 bits per heavy atom. The van der Waals surface area contributed by atoms with Crippen LogP contribution in [0.3, 0.4) is 0 Å². The highest BCUT2D eigenvalue weighted by Crippen LogP contribution is 2.31. The van der Waals surface area contributed by atoms with Crippen LogP contribution in [0.2, 0.25) is 0 Å². The second-order valence-corrected chi connectivity index (χ2v) is 9.01. The van der Waals surface area contributed by atoms with E-state index < -0.39 is 0 Å². The molecule has 10 heteroatoms. The number of hydrogen-bond donors (Lipinski definition) is 1. The molecule has 1 aliphatic heterocycles. The molecule has 1 saturated heterocycles. The fraction of sp³-hybridized carbons (Fsp3) is 0.333. The topological polar surface area (TPSA) is 93.5 Å². The minimum absolute atomic E-state index is 0.000325. The van der Waals surface area contributed by atoms with Gasteiger partial charge >= 0.3 is 6.03 Å². The van der Waals surface area contributed by atoms with Crippen LogP contribution >= 0.6 is 23.1 Å². The van der Waals surface area contributed by atoms with Crippen molar-refractivity contribution >= 4 is 45.3 Å². The number of nitrogens with one attached hydrogen (secondary N) is 1. The number of carbonyl (C=O) groups is 2. The first-order chi connectivity index (χ1) is 14.9. The number of imide groups is 1. The van der Waals surface area contributed by atoms with Gasteiger partial charge in [-0.15, -0.1) is 11.3 Å². The number of rotatable bonds is 6. The van der Waals surface area contributed by atoms with Crippen LogP contribution in [0.25, 0.3) is 15.9 Å². The van der Waals surface area contributed by atoms with Gasteiger partial charge in [-0.2, -0.15) is 0 Å². The molecule has 1 aliphatic rings. The monoisotopic (exact) mass is 458 g/mol. The van der Waals surface area contributed by atoms with Crippen LogP contribution in [0.15, 0.2) is 34.2 Å². The molecule has 0 saturated carbocycles. The number of hydrogen-bond acceptors (Lipinski definition) is 7. The van der Waals surface area contributed by atoms with Crippen molar-refractivity contribution in [1.29, 1.82) is 0 Å². The number of urea groups is 1. The van der Waals surface area contributed by atoms with Crippen molar-refractivity contribution in [3.63, 3.8) is 0 Å². The van der Waals surface area contributed by atoms with E-state index >= 15 is 0 Å². The molecule has 0 atom stereocenters. The Morgan fingerprint density at radius 2 is 2.16 bits per heavy atom. The predicted molar refractivity (Wildman–Crippen MR) is 122 cm³/mol. The number of fused-ring (bicyclic) bond motifs is 1. The van der Waals surface area contributed by atoms with Gasteiger partial charge in [0.25, 0.3) is 5.56 Å². The van der Waals surface area contributed by atoms with E-state index in [0.29, 0.717) is 39.9 Å². The fourth-order valence-electron chi connectivity index (χ4n) is 3.54. The molecule has 1 fully saturated rings. The Balaban J connectivity index is 1.81. The first-order valence-corrected chi connectivity index (χ1v) is 11.6. The van der Waals surface area contributed by atoms with E-state index in [9.17, 15) is 14.4 Å². The summed E-state index contributed by atoms with van der Waals surface area (Å²) in [6.45, 7) is 4.78. The first-order valence-electron chi connectivity index (χ1n) is 9.85. The van der Waals surface area contributed by atoms with Gasteiger partial charge in [-0.1, -0.05) is 24.8 Å². The lowest BCUT2D eigenvalue weighted by molar-refractivity contribution is -0.124. The number of methoxy groups -OCH3 is 1. The van der Waals surface area contributed by atoms with E-state index in [-0.39, 0.29) is 23.3 Å². The number of aryl methyl sites for hydroxylation is 2. The molecule has 0 radical (unpaired) electrons. The maximum absolute atomic E-state index is 13.6. The summed E-state index contributed by atoms with van der Waals surface area (Å²) in [4.78, 5) is 45.6. The van der Waals surface area contributed by atoms with Crippen molar-refractivity contribution in [2.24, 2.45) is 0 Å². The second kappa shape index (κ2) is 8.72. The van der Waals surface area contributed by atoms with Gasteiger partial charge in [-0.3, -0.25) is 19.1 Å². The smallest absolute Gasteiger partial charge is 0.324 e. The number of amides is 3. The van der Waals surface area contributed by atoms with Gasteiger partial charge in [0.1, 0.15) is 10.6 Å². The number of benzene rings is 1. The van der Waals surface area contributed by atoms with Crippen LogP contribution in [-0.2, 0) is 11.2 Å². The van der Waals surface area contributed by atoms with Crippen molar-refractivity contribution in [2.75, 3.05) is 26.0 Å². The molecule has 3 amide bonds. The van der Waals surface area contributed by atoms with Gasteiger partial charge in [-0.25, -0.2) is 9.78 Å². The Morgan fingerprint density at radius 1 is 1.35 bits per heavy atom. The number of aromatic nitrogens is 2. The van der Waals surface area contributed by atoms with Crippen LogP contribution in [0, 0.1) is 6.92 Å². The SMILES string of the molecule is CCc1sc2nc(SCC(=O)N3CCNC3=O)n(-c3cccc(OC)c3)c(=O)c2c1C. The molecule has 1 aromatic carbocycles. The molecule has 8 nitrogen and oxygen atoms in total. The minimum atomic E-state index is -0.388. The van der Waals surface area contributed by atoms with Gasteiger partial charge in [0, 0.05) is 24.0 Å². The Hall–Kier alpha value is -2.85. The summed E-state index contributed by atoms with van der Waals surface area (Å²) in [6.07, 6.45) is 0.816. The maximum Gasteiger partial charge on any atom is 0.324 e. The van der Waals surface area contributed by atoms with E-state index in [4.69, 9.17) is 9.72 Å². The Labute approximate surface area is 187 Å². The second-order valence-electron chi connectivity index (χ2n) is 6.99. The summed E-state index contributed by atoms with van der Waals surface area (Å²) >= 11 is 2.65. The third kappa shape index (κ3) is 3.92. The molecule has 162 valence electrons. The zero-order valence-electron chi connectivity index (χ0n) is 17.4. The summed E-state index contributed by atoms with van der Waals surface area (Å²) in [6, 6.07) is 6.78. The van der Waals surface area contributed by atoms with E-state index in [1.807, 2.05) is 13.8 Å². The van der Waals surface area contributed by atoms with Crippen molar-refractivity contribution < 1.29 is 14.3 Å². The number of carbonyl (C=O) groups excluding carboxylic acids is 2. The average molecular weight is 459 g/mol. The van der Waals surface area contributed by atoms with Crippen LogP contribution in [0.4, 0.5) is 4.79 Å². The molecule has 3 heterocycles. The summed E-state index contributed by atoms with van der Waals surface area (Å²) in [5, 5.41) is 3.62. The van der Waals surface area contributed by atoms with Gasteiger partial charge < -0.3 is 10.1 Å². The van der Waals surface area contributed by atoms with Crippen LogP contribution in [0.1, 0.15) is 17.4 Å². The molecular weight excluding hydrogens is 436 g/mol. The molecule has 0 unspecified atom stereocenters. The first kappa shape index (κ1) is 21.4.